The third-order valence-electron chi connectivity index (χ3n) is 16.6. The number of hydrogen-bond acceptors (Lipinski definition) is 19. The number of carbonyl (C=O) groups is 2. The molecule has 2 aromatic rings. The van der Waals surface area contributed by atoms with Crippen LogP contribution < -0.4 is 9.80 Å². The highest BCUT2D eigenvalue weighted by atomic mass is 19.1. The van der Waals surface area contributed by atoms with Crippen LogP contribution in [-0.4, -0.2) is 214 Å². The van der Waals surface area contributed by atoms with Crippen molar-refractivity contribution in [3.8, 4) is 0 Å². The standard InChI is InChI=1S/C54H90FN7O14/c1-16-42-54(10,69)46(64)34(6)60(14)26-30(2)24-52(8,68)48(32(4)45(33(5)49(66)74-42)75-43-25-53(9,70-15)47(65)35(7)72-43)76-50-44(63)41(22-31(3)71-50)59(13)21-17-18-36-27-61(57-56-36)28-38-29-62(51(67)73-38)37-19-20-40(58(11)12)39(55)23-37/h19-20,23,27,30-35,38,41-48,50,63-65,68-69H,16-18,21-22,24-26,28-29H2,1-15H3/t30-,31-,32+,33-,34-,35+,38+,41+,42-,43+,44-,45+,46-,47+,48-,50+,52-,53-,54-/m1/s1. The Bertz CT molecular complexity index is 2230. The van der Waals surface area contributed by atoms with E-state index in [1.165, 1.54) is 25.0 Å². The topological polar surface area (TPSA) is 244 Å². The summed E-state index contributed by atoms with van der Waals surface area (Å²) in [6.45, 7) is 18.9. The molecule has 22 heteroatoms. The van der Waals surface area contributed by atoms with Gasteiger partial charge in [0.15, 0.2) is 12.6 Å². The van der Waals surface area contributed by atoms with Gasteiger partial charge in [0.1, 0.15) is 41.9 Å². The van der Waals surface area contributed by atoms with Crippen LogP contribution >= 0.6 is 0 Å². The van der Waals surface area contributed by atoms with Crippen molar-refractivity contribution in [1.82, 2.24) is 24.8 Å². The number of aryl methyl sites for hydroxylation is 1. The summed E-state index contributed by atoms with van der Waals surface area (Å²) in [5.74, 6) is -3.29. The summed E-state index contributed by atoms with van der Waals surface area (Å²) < 4.78 is 60.3. The summed E-state index contributed by atoms with van der Waals surface area (Å²) in [5, 5.41) is 68.4. The molecule has 1 aromatic carbocycles. The van der Waals surface area contributed by atoms with Gasteiger partial charge in [-0.05, 0) is 125 Å². The van der Waals surface area contributed by atoms with E-state index in [0.29, 0.717) is 43.7 Å². The van der Waals surface area contributed by atoms with Gasteiger partial charge in [0.05, 0.1) is 71.7 Å². The lowest BCUT2D eigenvalue weighted by atomic mass is 9.77. The molecule has 5 N–H and O–H groups in total. The third kappa shape index (κ3) is 14.0. The van der Waals surface area contributed by atoms with Gasteiger partial charge in [-0.1, -0.05) is 26.0 Å². The lowest BCUT2D eigenvalue weighted by Gasteiger charge is -2.49. The van der Waals surface area contributed by atoms with Crippen molar-refractivity contribution in [3.05, 3.63) is 35.9 Å². The predicted octanol–water partition coefficient (Wildman–Crippen LogP) is 3.73. The van der Waals surface area contributed by atoms with Crippen molar-refractivity contribution in [2.45, 2.75) is 211 Å². The van der Waals surface area contributed by atoms with Crippen LogP contribution in [0.2, 0.25) is 0 Å². The van der Waals surface area contributed by atoms with Crippen LogP contribution in [0.25, 0.3) is 0 Å². The fourth-order valence-corrected chi connectivity index (χ4v) is 11.9. The van der Waals surface area contributed by atoms with E-state index < -0.39 is 120 Å². The SMILES string of the molecule is CC[C@H]1OC(=O)[C@H](C)[C@@H](O[C@H]2C[C@@](C)(OC)[C@@H](O)[C@H](C)O2)[C@H](C)[C@@H](O[C@@H]2O[C@H](C)C[C@H](N(C)CCCc3cn(C[C@H]4CN(c5ccc(N(C)C)c(F)c5)C(=O)O4)nn3)[C@H]2O)[C@](C)(O)C[C@@H](C)CN(C)[C@H](C)[C@@H](O)[C@]1(C)O. The van der Waals surface area contributed by atoms with Crippen molar-refractivity contribution < 1.29 is 72.7 Å². The first-order valence-corrected chi connectivity index (χ1v) is 27.1. The Balaban J connectivity index is 1.19. The Morgan fingerprint density at radius 3 is 2.28 bits per heavy atom. The average molecular weight is 1080 g/mol. The first-order valence-electron chi connectivity index (χ1n) is 27.1. The Morgan fingerprint density at radius 1 is 0.934 bits per heavy atom. The molecule has 0 aliphatic carbocycles. The van der Waals surface area contributed by atoms with Crippen molar-refractivity contribution in [1.29, 1.82) is 0 Å². The Hall–Kier alpha value is -3.65. The number of methoxy groups -OCH3 is 1. The molecule has 1 amide bonds. The number of likely N-dealkylation sites (N-methyl/N-ethyl adjacent to an activating group) is 2. The molecule has 0 unspecified atom stereocenters. The number of hydrogen-bond donors (Lipinski definition) is 5. The van der Waals surface area contributed by atoms with Crippen LogP contribution in [0, 0.1) is 23.6 Å². The molecule has 0 saturated carbocycles. The summed E-state index contributed by atoms with van der Waals surface area (Å²) in [7, 11) is 8.73. The molecule has 1 aromatic heterocycles. The Kier molecular flexibility index (Phi) is 20.4. The van der Waals surface area contributed by atoms with Gasteiger partial charge in [0.25, 0.3) is 0 Å². The maximum Gasteiger partial charge on any atom is 0.414 e. The maximum absolute atomic E-state index is 14.7. The van der Waals surface area contributed by atoms with E-state index in [-0.39, 0.29) is 44.4 Å². The minimum absolute atomic E-state index is 0.0875. The molecule has 4 fully saturated rings. The number of amides is 1. The van der Waals surface area contributed by atoms with Crippen molar-refractivity contribution >= 4 is 23.4 Å². The summed E-state index contributed by atoms with van der Waals surface area (Å²) in [4.78, 5) is 34.3. The van der Waals surface area contributed by atoms with Gasteiger partial charge in [-0.25, -0.2) is 13.9 Å². The molecule has 4 aliphatic rings. The average Bonchev–Trinajstić information content (AvgIpc) is 3.96. The van der Waals surface area contributed by atoms with Gasteiger partial charge >= 0.3 is 12.1 Å². The normalized spacial score (nSPS) is 39.6. The largest absolute Gasteiger partial charge is 0.459 e. The van der Waals surface area contributed by atoms with Crippen molar-refractivity contribution in [2.75, 3.05) is 64.7 Å². The molecular formula is C54H90FN7O14. The lowest BCUT2D eigenvalue weighted by molar-refractivity contribution is -0.318. The number of aromatic nitrogens is 3. The highest BCUT2D eigenvalue weighted by Gasteiger charge is 2.53. The van der Waals surface area contributed by atoms with Crippen molar-refractivity contribution in [2.24, 2.45) is 17.8 Å². The number of ether oxygens (including phenoxy) is 7. The highest BCUT2D eigenvalue weighted by Crippen LogP contribution is 2.40. The number of aliphatic hydroxyl groups is 5. The summed E-state index contributed by atoms with van der Waals surface area (Å²) in [5.41, 5.74) is -3.03. The van der Waals surface area contributed by atoms with E-state index >= 15 is 0 Å². The fraction of sp³-hybridized carbons (Fsp3) is 0.815. The van der Waals surface area contributed by atoms with E-state index in [1.807, 2.05) is 39.0 Å². The number of cyclic esters (lactones) is 2. The molecule has 0 radical (unpaired) electrons. The van der Waals surface area contributed by atoms with E-state index in [4.69, 9.17) is 33.2 Å². The van der Waals surface area contributed by atoms with E-state index in [9.17, 15) is 39.5 Å². The second-order valence-electron chi connectivity index (χ2n) is 23.4. The highest BCUT2D eigenvalue weighted by molar-refractivity contribution is 5.90. The molecule has 21 nitrogen and oxygen atoms in total. The Morgan fingerprint density at radius 2 is 1.63 bits per heavy atom. The van der Waals surface area contributed by atoms with E-state index in [2.05, 4.69) is 15.2 Å². The van der Waals surface area contributed by atoms with Crippen molar-refractivity contribution in [3.63, 3.8) is 0 Å². The van der Waals surface area contributed by atoms with E-state index in [0.717, 1.165) is 5.69 Å². The summed E-state index contributed by atoms with van der Waals surface area (Å²) in [6, 6.07) is 3.61. The van der Waals surface area contributed by atoms with Crippen LogP contribution in [0.4, 0.5) is 20.6 Å². The molecule has 5 heterocycles. The zero-order chi connectivity index (χ0) is 56.4. The van der Waals surface area contributed by atoms with Gasteiger partial charge in [-0.15, -0.1) is 5.10 Å². The fourth-order valence-electron chi connectivity index (χ4n) is 11.9. The first-order chi connectivity index (χ1) is 35.5. The molecule has 0 bridgehead atoms. The number of anilines is 2. The van der Waals surface area contributed by atoms with Crippen LogP contribution in [0.15, 0.2) is 24.4 Å². The number of halogens is 1. The zero-order valence-corrected chi connectivity index (χ0v) is 47.5. The van der Waals surface area contributed by atoms with Gasteiger partial charge in [0, 0.05) is 58.4 Å². The maximum atomic E-state index is 14.7. The van der Waals surface area contributed by atoms with Gasteiger partial charge in [0.2, 0.25) is 0 Å². The van der Waals surface area contributed by atoms with Crippen LogP contribution in [-0.2, 0) is 50.9 Å². The lowest BCUT2D eigenvalue weighted by Crippen LogP contribution is -2.60. The number of carbonyl (C=O) groups excluding carboxylic acids is 2. The quantitative estimate of drug-likeness (QED) is 0.160. The summed E-state index contributed by atoms with van der Waals surface area (Å²) >= 11 is 0. The number of benzene rings is 1. The molecule has 6 rings (SSSR count). The molecular weight excluding hydrogens is 990 g/mol. The second-order valence-corrected chi connectivity index (χ2v) is 23.4. The molecule has 76 heavy (non-hydrogen) atoms. The molecule has 4 aliphatic heterocycles. The third-order valence-corrected chi connectivity index (χ3v) is 16.6. The number of rotatable bonds is 15. The minimum atomic E-state index is -1.85. The smallest absolute Gasteiger partial charge is 0.414 e. The molecule has 4 saturated heterocycles. The zero-order valence-electron chi connectivity index (χ0n) is 47.5. The number of esters is 1. The van der Waals surface area contributed by atoms with Crippen LogP contribution in [0.1, 0.15) is 107 Å². The van der Waals surface area contributed by atoms with Crippen LogP contribution in [0.3, 0.4) is 0 Å². The van der Waals surface area contributed by atoms with E-state index in [1.54, 1.807) is 84.3 Å². The molecule has 19 atom stereocenters. The van der Waals surface area contributed by atoms with Gasteiger partial charge < -0.3 is 73.4 Å². The number of aliphatic hydroxyl groups excluding tert-OH is 3. The van der Waals surface area contributed by atoms with Gasteiger partial charge in [-0.2, -0.15) is 0 Å². The predicted molar refractivity (Wildman–Crippen MR) is 280 cm³/mol. The van der Waals surface area contributed by atoms with Crippen LogP contribution in [0.5, 0.6) is 0 Å². The van der Waals surface area contributed by atoms with Gasteiger partial charge in [-0.3, -0.25) is 9.69 Å². The summed E-state index contributed by atoms with van der Waals surface area (Å²) in [6.07, 6.45) is -7.35. The second kappa shape index (κ2) is 25.2. The number of nitrogens with zero attached hydrogens (tertiary/aromatic N) is 7. The monoisotopic (exact) mass is 1080 g/mol. The first kappa shape index (κ1) is 61.6. The molecule has 432 valence electrons. The molecule has 0 spiro atoms. The Labute approximate surface area is 448 Å². The minimum Gasteiger partial charge on any atom is -0.459 e.